The number of aryl methyl sites for hydroxylation is 1. The number of halogens is 1. The quantitative estimate of drug-likeness (QED) is 0.683. The highest BCUT2D eigenvalue weighted by Crippen LogP contribution is 2.24. The van der Waals surface area contributed by atoms with Gasteiger partial charge in [-0.05, 0) is 31.2 Å². The molecule has 1 aliphatic heterocycles. The molecule has 1 amide bonds. The molecule has 0 spiro atoms. The van der Waals surface area contributed by atoms with Crippen molar-refractivity contribution in [1.29, 1.82) is 0 Å². The predicted octanol–water partition coefficient (Wildman–Crippen LogP) is 2.34. The maximum absolute atomic E-state index is 13.1. The predicted molar refractivity (Wildman–Crippen MR) is 113 cm³/mol. The van der Waals surface area contributed by atoms with E-state index in [-0.39, 0.29) is 36.2 Å². The van der Waals surface area contributed by atoms with Crippen LogP contribution in [0.5, 0.6) is 0 Å². The molecule has 0 aliphatic carbocycles. The number of hydrogen-bond acceptors (Lipinski definition) is 4. The molecule has 1 aliphatic rings. The fraction of sp³-hybridized carbons (Fsp3) is 0.350. The topological polar surface area (TPSA) is 78.5 Å². The molecule has 2 aromatic rings. The van der Waals surface area contributed by atoms with E-state index in [0.29, 0.717) is 18.2 Å². The number of sulfonamides is 1. The van der Waals surface area contributed by atoms with Gasteiger partial charge in [0, 0.05) is 38.5 Å². The highest BCUT2D eigenvalue weighted by molar-refractivity contribution is 7.92. The van der Waals surface area contributed by atoms with Crippen LogP contribution in [-0.4, -0.2) is 40.5 Å². The van der Waals surface area contributed by atoms with Crippen LogP contribution in [-0.2, 0) is 14.8 Å². The maximum atomic E-state index is 13.1. The van der Waals surface area contributed by atoms with E-state index in [9.17, 15) is 13.2 Å². The summed E-state index contributed by atoms with van der Waals surface area (Å²) in [7, 11) is -3.74. The summed E-state index contributed by atoms with van der Waals surface area (Å²) in [6.07, 6.45) is 0.111. The number of anilines is 1. The third kappa shape index (κ3) is 5.47. The van der Waals surface area contributed by atoms with Crippen molar-refractivity contribution >= 4 is 34.0 Å². The zero-order chi connectivity index (χ0) is 19.3. The summed E-state index contributed by atoms with van der Waals surface area (Å²) in [6.45, 7) is 4.50. The first-order valence-electron chi connectivity index (χ1n) is 9.08. The number of rotatable bonds is 8. The van der Waals surface area contributed by atoms with Gasteiger partial charge in [0.05, 0.1) is 10.6 Å². The summed E-state index contributed by atoms with van der Waals surface area (Å²) in [6, 6.07) is 15.6. The number of benzene rings is 2. The average Bonchev–Trinajstić information content (AvgIpc) is 2.62. The first kappa shape index (κ1) is 22.2. The second kappa shape index (κ2) is 9.91. The number of carbonyl (C=O) groups is 1. The molecule has 3 rings (SSSR count). The summed E-state index contributed by atoms with van der Waals surface area (Å²) < 4.78 is 27.6. The van der Waals surface area contributed by atoms with Gasteiger partial charge in [-0.15, -0.1) is 12.4 Å². The Labute approximate surface area is 172 Å². The van der Waals surface area contributed by atoms with Crippen molar-refractivity contribution in [3.8, 4) is 0 Å². The smallest absolute Gasteiger partial charge is 0.264 e. The van der Waals surface area contributed by atoms with E-state index in [1.54, 1.807) is 42.5 Å². The molecular weight excluding hydrogens is 398 g/mol. The summed E-state index contributed by atoms with van der Waals surface area (Å²) >= 11 is 0. The molecule has 0 aromatic heterocycles. The molecule has 2 N–H and O–H groups in total. The minimum absolute atomic E-state index is 0. The normalized spacial score (nSPS) is 13.9. The first-order chi connectivity index (χ1) is 13.0. The Morgan fingerprint density at radius 1 is 1.11 bits per heavy atom. The Bertz CT molecular complexity index is 869. The summed E-state index contributed by atoms with van der Waals surface area (Å²) in [5, 5.41) is 6.05. The van der Waals surface area contributed by atoms with Crippen molar-refractivity contribution in [2.24, 2.45) is 5.92 Å². The van der Waals surface area contributed by atoms with Crippen LogP contribution in [0.4, 0.5) is 5.69 Å². The van der Waals surface area contributed by atoms with Crippen LogP contribution in [0.25, 0.3) is 0 Å². The Balaban J connectivity index is 0.00000280. The second-order valence-electron chi connectivity index (χ2n) is 6.80. The van der Waals surface area contributed by atoms with E-state index in [0.717, 1.165) is 18.7 Å². The Hall–Kier alpha value is -2.09. The van der Waals surface area contributed by atoms with E-state index in [2.05, 4.69) is 10.6 Å². The van der Waals surface area contributed by atoms with Crippen molar-refractivity contribution in [3.63, 3.8) is 0 Å². The van der Waals surface area contributed by atoms with Gasteiger partial charge in [-0.25, -0.2) is 8.42 Å². The lowest BCUT2D eigenvalue weighted by molar-refractivity contribution is -0.121. The highest BCUT2D eigenvalue weighted by atomic mass is 35.5. The largest absolute Gasteiger partial charge is 0.356 e. The average molecular weight is 424 g/mol. The Kier molecular flexibility index (Phi) is 7.86. The van der Waals surface area contributed by atoms with Gasteiger partial charge >= 0.3 is 0 Å². The first-order valence-corrected chi connectivity index (χ1v) is 10.5. The highest BCUT2D eigenvalue weighted by Gasteiger charge is 2.25. The number of nitrogens with one attached hydrogen (secondary N) is 2. The summed E-state index contributed by atoms with van der Waals surface area (Å²) in [4.78, 5) is 12.4. The van der Waals surface area contributed by atoms with E-state index < -0.39 is 10.0 Å². The molecule has 0 unspecified atom stereocenters. The number of amides is 1. The monoisotopic (exact) mass is 423 g/mol. The molecule has 2 aromatic carbocycles. The van der Waals surface area contributed by atoms with Crippen molar-refractivity contribution in [3.05, 3.63) is 60.2 Å². The molecule has 1 saturated heterocycles. The molecule has 0 saturated carbocycles. The van der Waals surface area contributed by atoms with Crippen LogP contribution in [0.3, 0.4) is 0 Å². The van der Waals surface area contributed by atoms with E-state index in [4.69, 9.17) is 0 Å². The Morgan fingerprint density at radius 3 is 2.32 bits per heavy atom. The molecular formula is C20H26ClN3O3S. The molecule has 0 radical (unpaired) electrons. The molecule has 8 heteroatoms. The lowest BCUT2D eigenvalue weighted by atomic mass is 10.0. The number of hydrogen-bond donors (Lipinski definition) is 2. The third-order valence-corrected chi connectivity index (χ3v) is 6.49. The molecule has 1 fully saturated rings. The number of nitrogens with zero attached hydrogens (tertiary/aromatic N) is 1. The van der Waals surface area contributed by atoms with Gasteiger partial charge in [-0.2, -0.15) is 0 Å². The van der Waals surface area contributed by atoms with Gasteiger partial charge < -0.3 is 10.6 Å². The van der Waals surface area contributed by atoms with Gasteiger partial charge in [0.15, 0.2) is 0 Å². The van der Waals surface area contributed by atoms with E-state index >= 15 is 0 Å². The minimum Gasteiger partial charge on any atom is -0.356 e. The van der Waals surface area contributed by atoms with Crippen molar-refractivity contribution in [1.82, 2.24) is 10.6 Å². The van der Waals surface area contributed by atoms with Crippen LogP contribution >= 0.6 is 12.4 Å². The minimum atomic E-state index is -3.74. The summed E-state index contributed by atoms with van der Waals surface area (Å²) in [5.41, 5.74) is 1.60. The van der Waals surface area contributed by atoms with Crippen molar-refractivity contribution < 1.29 is 13.2 Å². The van der Waals surface area contributed by atoms with Gasteiger partial charge in [-0.3, -0.25) is 9.10 Å². The molecule has 28 heavy (non-hydrogen) atoms. The van der Waals surface area contributed by atoms with Crippen LogP contribution in [0, 0.1) is 12.8 Å². The van der Waals surface area contributed by atoms with Gasteiger partial charge in [0.25, 0.3) is 10.0 Å². The Morgan fingerprint density at radius 2 is 1.75 bits per heavy atom. The van der Waals surface area contributed by atoms with Crippen LogP contribution < -0.4 is 14.9 Å². The van der Waals surface area contributed by atoms with E-state index in [1.807, 2.05) is 19.1 Å². The van der Waals surface area contributed by atoms with Crippen molar-refractivity contribution in [2.45, 2.75) is 18.2 Å². The second-order valence-corrected chi connectivity index (χ2v) is 8.67. The van der Waals surface area contributed by atoms with Gasteiger partial charge in [-0.1, -0.05) is 35.9 Å². The zero-order valence-corrected chi connectivity index (χ0v) is 17.4. The molecule has 0 atom stereocenters. The lowest BCUT2D eigenvalue weighted by Crippen LogP contribution is -2.48. The molecule has 6 nitrogen and oxygen atoms in total. The zero-order valence-electron chi connectivity index (χ0n) is 15.8. The number of carbonyl (C=O) groups excluding carboxylic acids is 1. The van der Waals surface area contributed by atoms with Crippen LogP contribution in [0.15, 0.2) is 59.5 Å². The molecule has 1 heterocycles. The fourth-order valence-electron chi connectivity index (χ4n) is 2.86. The lowest BCUT2D eigenvalue weighted by Gasteiger charge is -2.27. The van der Waals surface area contributed by atoms with Gasteiger partial charge in [0.1, 0.15) is 0 Å². The summed E-state index contributed by atoms with van der Waals surface area (Å²) in [5.74, 6) is 0.331. The van der Waals surface area contributed by atoms with Gasteiger partial charge in [0.2, 0.25) is 5.91 Å². The van der Waals surface area contributed by atoms with Crippen LogP contribution in [0.1, 0.15) is 12.0 Å². The fourth-order valence-corrected chi connectivity index (χ4v) is 4.35. The van der Waals surface area contributed by atoms with Crippen LogP contribution in [0.2, 0.25) is 0 Å². The SMILES string of the molecule is Cc1ccc(N(CCC(=O)NCC2CNC2)S(=O)(=O)c2ccccc2)cc1.Cl. The molecule has 152 valence electrons. The van der Waals surface area contributed by atoms with Crippen molar-refractivity contribution in [2.75, 3.05) is 30.5 Å². The third-order valence-electron chi connectivity index (χ3n) is 4.65. The molecule has 0 bridgehead atoms. The van der Waals surface area contributed by atoms with E-state index in [1.165, 1.54) is 4.31 Å². The standard InChI is InChI=1S/C20H25N3O3S.ClH/c1-16-7-9-18(10-8-16)23(27(25,26)19-5-3-2-4-6-19)12-11-20(24)22-15-17-13-21-14-17;/h2-10,17,21H,11-15H2,1H3,(H,22,24);1H. The maximum Gasteiger partial charge on any atom is 0.264 e.